The molecule has 2 N–H and O–H groups in total. The fourth-order valence-corrected chi connectivity index (χ4v) is 3.05. The van der Waals surface area contributed by atoms with Crippen LogP contribution in [0.4, 0.5) is 0 Å². The van der Waals surface area contributed by atoms with Crippen molar-refractivity contribution in [3.05, 3.63) is 40.3 Å². The molecule has 0 saturated heterocycles. The molecular weight excluding hydrogens is 332 g/mol. The van der Waals surface area contributed by atoms with Gasteiger partial charge in [-0.05, 0) is 31.5 Å². The summed E-state index contributed by atoms with van der Waals surface area (Å²) < 4.78 is 16.2. The molecule has 0 spiro atoms. The number of pyridine rings is 1. The van der Waals surface area contributed by atoms with Gasteiger partial charge < -0.3 is 19.6 Å². The van der Waals surface area contributed by atoms with Crippen molar-refractivity contribution in [2.75, 3.05) is 6.79 Å². The highest BCUT2D eigenvalue weighted by atomic mass is 35.5. The van der Waals surface area contributed by atoms with Crippen LogP contribution in [0.5, 0.6) is 11.5 Å². The van der Waals surface area contributed by atoms with E-state index in [1.165, 1.54) is 0 Å². The van der Waals surface area contributed by atoms with Crippen LogP contribution in [0.2, 0.25) is 5.02 Å². The number of furan rings is 1. The maximum atomic E-state index is 11.3. The fourth-order valence-electron chi connectivity index (χ4n) is 2.81. The van der Waals surface area contributed by atoms with Gasteiger partial charge in [-0.1, -0.05) is 11.6 Å². The Labute approximate surface area is 142 Å². The van der Waals surface area contributed by atoms with Crippen molar-refractivity contribution in [1.82, 2.24) is 4.98 Å². The van der Waals surface area contributed by atoms with E-state index in [0.29, 0.717) is 33.5 Å². The van der Waals surface area contributed by atoms with Gasteiger partial charge in [-0.15, -0.1) is 0 Å². The Morgan fingerprint density at radius 3 is 2.58 bits per heavy atom. The van der Waals surface area contributed by atoms with E-state index in [0.717, 1.165) is 16.5 Å². The first-order valence-electron chi connectivity index (χ1n) is 7.25. The lowest BCUT2D eigenvalue weighted by Gasteiger charge is -2.10. The van der Waals surface area contributed by atoms with Gasteiger partial charge in [-0.2, -0.15) is 0 Å². The van der Waals surface area contributed by atoms with Crippen molar-refractivity contribution in [3.8, 4) is 22.8 Å². The van der Waals surface area contributed by atoms with Crippen molar-refractivity contribution < 1.29 is 18.7 Å². The third-order valence-electron chi connectivity index (χ3n) is 4.08. The first-order chi connectivity index (χ1) is 11.5. The number of aryl methyl sites for hydroxylation is 2. The molecule has 0 saturated carbocycles. The summed E-state index contributed by atoms with van der Waals surface area (Å²) in [6.45, 7) is 3.83. The van der Waals surface area contributed by atoms with E-state index in [4.69, 9.17) is 31.2 Å². The second-order valence-electron chi connectivity index (χ2n) is 5.57. The summed E-state index contributed by atoms with van der Waals surface area (Å²) >= 11 is 6.53. The van der Waals surface area contributed by atoms with Crippen LogP contribution in [-0.4, -0.2) is 17.7 Å². The van der Waals surface area contributed by atoms with Gasteiger partial charge in [0.05, 0.1) is 16.2 Å². The highest BCUT2D eigenvalue weighted by Crippen LogP contribution is 2.41. The molecule has 1 aromatic carbocycles. The number of carbonyl (C=O) groups is 1. The van der Waals surface area contributed by atoms with E-state index in [2.05, 4.69) is 4.98 Å². The molecule has 1 amide bonds. The summed E-state index contributed by atoms with van der Waals surface area (Å²) in [4.78, 5) is 16.0. The smallest absolute Gasteiger partial charge is 0.284 e. The SMILES string of the molecule is Cc1oc(C(N)=O)cc1-c1nc2cc3c(cc2c(C)c1Cl)OCO3. The normalized spacial score (nSPS) is 12.8. The van der Waals surface area contributed by atoms with Crippen LogP contribution >= 0.6 is 11.6 Å². The number of fused-ring (bicyclic) bond motifs is 2. The van der Waals surface area contributed by atoms with Gasteiger partial charge >= 0.3 is 0 Å². The third-order valence-corrected chi connectivity index (χ3v) is 4.54. The monoisotopic (exact) mass is 344 g/mol. The van der Waals surface area contributed by atoms with Gasteiger partial charge in [0.15, 0.2) is 17.3 Å². The lowest BCUT2D eigenvalue weighted by Crippen LogP contribution is -2.09. The second-order valence-corrected chi connectivity index (χ2v) is 5.94. The van der Waals surface area contributed by atoms with Crippen LogP contribution in [-0.2, 0) is 0 Å². The number of nitrogens with zero attached hydrogens (tertiary/aromatic N) is 1. The maximum Gasteiger partial charge on any atom is 0.284 e. The Morgan fingerprint density at radius 2 is 1.92 bits per heavy atom. The minimum absolute atomic E-state index is 0.0730. The molecule has 0 unspecified atom stereocenters. The molecule has 0 fully saturated rings. The van der Waals surface area contributed by atoms with Gasteiger partial charge in [0.1, 0.15) is 5.76 Å². The molecule has 24 heavy (non-hydrogen) atoms. The summed E-state index contributed by atoms with van der Waals surface area (Å²) in [5.74, 6) is 1.28. The molecule has 6 nitrogen and oxygen atoms in total. The Kier molecular flexibility index (Phi) is 3.18. The molecule has 122 valence electrons. The number of rotatable bonds is 2. The minimum Gasteiger partial charge on any atom is -0.456 e. The van der Waals surface area contributed by atoms with E-state index >= 15 is 0 Å². The largest absolute Gasteiger partial charge is 0.456 e. The van der Waals surface area contributed by atoms with Crippen molar-refractivity contribution in [1.29, 1.82) is 0 Å². The molecule has 2 aromatic heterocycles. The van der Waals surface area contributed by atoms with E-state index in [1.54, 1.807) is 13.0 Å². The van der Waals surface area contributed by atoms with Crippen LogP contribution in [0.25, 0.3) is 22.2 Å². The molecule has 1 aliphatic heterocycles. The Morgan fingerprint density at radius 1 is 1.21 bits per heavy atom. The number of carbonyl (C=O) groups excluding carboxylic acids is 1. The zero-order valence-electron chi connectivity index (χ0n) is 13.0. The second kappa shape index (κ2) is 5.14. The topological polar surface area (TPSA) is 87.6 Å². The number of halogens is 1. The number of aromatic nitrogens is 1. The first kappa shape index (κ1) is 14.8. The quantitative estimate of drug-likeness (QED) is 0.767. The number of primary amides is 1. The highest BCUT2D eigenvalue weighted by molar-refractivity contribution is 6.34. The summed E-state index contributed by atoms with van der Waals surface area (Å²) in [7, 11) is 0. The molecule has 0 atom stereocenters. The lowest BCUT2D eigenvalue weighted by atomic mass is 10.0. The van der Waals surface area contributed by atoms with Gasteiger partial charge in [0.2, 0.25) is 6.79 Å². The zero-order valence-corrected chi connectivity index (χ0v) is 13.7. The summed E-state index contributed by atoms with van der Waals surface area (Å²) in [5, 5.41) is 1.37. The van der Waals surface area contributed by atoms with Crippen molar-refractivity contribution in [3.63, 3.8) is 0 Å². The van der Waals surface area contributed by atoms with Crippen molar-refractivity contribution >= 4 is 28.4 Å². The maximum absolute atomic E-state index is 11.3. The third kappa shape index (κ3) is 2.11. The van der Waals surface area contributed by atoms with Crippen molar-refractivity contribution in [2.45, 2.75) is 13.8 Å². The number of benzene rings is 1. The Hall–Kier alpha value is -2.73. The Balaban J connectivity index is 1.98. The van der Waals surface area contributed by atoms with Crippen LogP contribution in [0.15, 0.2) is 22.6 Å². The molecule has 4 rings (SSSR count). The molecule has 3 heterocycles. The molecule has 0 aliphatic carbocycles. The minimum atomic E-state index is -0.638. The van der Waals surface area contributed by atoms with E-state index in [1.807, 2.05) is 19.1 Å². The lowest BCUT2D eigenvalue weighted by molar-refractivity contribution is 0.0972. The average Bonchev–Trinajstić information content (AvgIpc) is 3.15. The molecule has 3 aromatic rings. The number of amides is 1. The van der Waals surface area contributed by atoms with E-state index in [9.17, 15) is 4.79 Å². The predicted molar refractivity (Wildman–Crippen MR) is 88.6 cm³/mol. The van der Waals surface area contributed by atoms with E-state index < -0.39 is 5.91 Å². The number of nitrogens with two attached hydrogens (primary N) is 1. The van der Waals surface area contributed by atoms with E-state index in [-0.39, 0.29) is 12.6 Å². The van der Waals surface area contributed by atoms with Crippen LogP contribution < -0.4 is 15.2 Å². The fraction of sp³-hybridized carbons (Fsp3) is 0.176. The molecule has 0 bridgehead atoms. The zero-order chi connectivity index (χ0) is 17.0. The van der Waals surface area contributed by atoms with Gasteiger partial charge in [-0.25, -0.2) is 4.98 Å². The molecule has 1 aliphatic rings. The van der Waals surface area contributed by atoms with Gasteiger partial charge in [0.25, 0.3) is 5.91 Å². The molecular formula is C17H13ClN2O4. The van der Waals surface area contributed by atoms with Gasteiger partial charge in [-0.3, -0.25) is 4.79 Å². The van der Waals surface area contributed by atoms with Crippen LogP contribution in [0.1, 0.15) is 21.9 Å². The molecule has 0 radical (unpaired) electrons. The van der Waals surface area contributed by atoms with Crippen LogP contribution in [0, 0.1) is 13.8 Å². The standard InChI is InChI=1S/C17H13ClN2O4/c1-7-9-3-12-13(23-6-22-12)5-11(9)20-16(15(7)18)10-4-14(17(19)21)24-8(10)2/h3-5H,6H2,1-2H3,(H2,19,21). The summed E-state index contributed by atoms with van der Waals surface area (Å²) in [6.07, 6.45) is 0. The predicted octanol–water partition coefficient (Wildman–Crippen LogP) is 3.59. The number of ether oxygens (including phenoxy) is 2. The summed E-state index contributed by atoms with van der Waals surface area (Å²) in [5.41, 5.74) is 8.03. The number of hydrogen-bond donors (Lipinski definition) is 1. The highest BCUT2D eigenvalue weighted by Gasteiger charge is 2.21. The average molecular weight is 345 g/mol. The summed E-state index contributed by atoms with van der Waals surface area (Å²) in [6, 6.07) is 5.24. The Bertz CT molecular complexity index is 1010. The van der Waals surface area contributed by atoms with Crippen LogP contribution in [0.3, 0.4) is 0 Å². The van der Waals surface area contributed by atoms with Crippen molar-refractivity contribution in [2.24, 2.45) is 5.73 Å². The molecule has 7 heteroatoms. The number of hydrogen-bond acceptors (Lipinski definition) is 5. The first-order valence-corrected chi connectivity index (χ1v) is 7.63. The van der Waals surface area contributed by atoms with Gasteiger partial charge in [0, 0.05) is 17.0 Å².